The van der Waals surface area contributed by atoms with Crippen molar-refractivity contribution in [3.8, 4) is 5.75 Å². The zero-order valence-electron chi connectivity index (χ0n) is 11.1. The Morgan fingerprint density at radius 2 is 2.15 bits per heavy atom. The first-order valence-corrected chi connectivity index (χ1v) is 6.28. The van der Waals surface area contributed by atoms with Gasteiger partial charge in [-0.3, -0.25) is 0 Å². The topological polar surface area (TPSA) is 59.1 Å². The van der Waals surface area contributed by atoms with Crippen molar-refractivity contribution < 1.29 is 9.13 Å². The number of hydrogen-bond acceptors (Lipinski definition) is 5. The highest BCUT2D eigenvalue weighted by atomic mass is 35.5. The van der Waals surface area contributed by atoms with Crippen LogP contribution in [0.5, 0.6) is 5.75 Å². The van der Waals surface area contributed by atoms with Crippen LogP contribution in [0, 0.1) is 5.82 Å². The van der Waals surface area contributed by atoms with Crippen LogP contribution in [0.4, 0.5) is 15.9 Å². The summed E-state index contributed by atoms with van der Waals surface area (Å²) in [6.45, 7) is 0.350. The molecule has 0 spiro atoms. The third-order valence-corrected chi connectivity index (χ3v) is 3.03. The Labute approximate surface area is 121 Å². The van der Waals surface area contributed by atoms with E-state index in [0.717, 1.165) is 0 Å². The van der Waals surface area contributed by atoms with Gasteiger partial charge in [-0.2, -0.15) is 0 Å². The number of ether oxygens (including phenoxy) is 1. The predicted octanol–water partition coefficient (Wildman–Crippen LogP) is 2.93. The second-order valence-corrected chi connectivity index (χ2v) is 4.31. The Morgan fingerprint density at radius 3 is 2.85 bits per heavy atom. The molecule has 0 saturated heterocycles. The zero-order chi connectivity index (χ0) is 14.5. The molecule has 0 fully saturated rings. The zero-order valence-corrected chi connectivity index (χ0v) is 11.8. The number of methoxy groups -OCH3 is 1. The summed E-state index contributed by atoms with van der Waals surface area (Å²) in [5, 5.41) is 6.31. The van der Waals surface area contributed by atoms with Crippen LogP contribution in [-0.2, 0) is 6.54 Å². The van der Waals surface area contributed by atoms with E-state index in [0.29, 0.717) is 34.5 Å². The van der Waals surface area contributed by atoms with Crippen molar-refractivity contribution in [3.05, 3.63) is 41.1 Å². The first kappa shape index (κ1) is 14.3. The van der Waals surface area contributed by atoms with E-state index in [9.17, 15) is 4.39 Å². The van der Waals surface area contributed by atoms with Crippen molar-refractivity contribution in [3.63, 3.8) is 0 Å². The molecule has 0 unspecified atom stereocenters. The molecule has 106 valence electrons. The van der Waals surface area contributed by atoms with E-state index in [2.05, 4.69) is 20.6 Å². The molecule has 7 heteroatoms. The fourth-order valence-corrected chi connectivity index (χ4v) is 2.01. The minimum absolute atomic E-state index is 0.316. The molecule has 0 aliphatic rings. The molecule has 2 aromatic rings. The second-order valence-electron chi connectivity index (χ2n) is 3.95. The molecule has 0 amide bonds. The minimum Gasteiger partial charge on any atom is -0.496 e. The van der Waals surface area contributed by atoms with Crippen molar-refractivity contribution in [2.75, 3.05) is 24.8 Å². The molecular weight excluding hydrogens is 283 g/mol. The molecule has 20 heavy (non-hydrogen) atoms. The molecule has 2 rings (SSSR count). The van der Waals surface area contributed by atoms with Gasteiger partial charge >= 0.3 is 0 Å². The van der Waals surface area contributed by atoms with E-state index in [-0.39, 0.29) is 5.82 Å². The van der Waals surface area contributed by atoms with E-state index in [1.54, 1.807) is 13.1 Å². The van der Waals surface area contributed by atoms with Gasteiger partial charge in [-0.15, -0.1) is 0 Å². The van der Waals surface area contributed by atoms with Crippen molar-refractivity contribution in [1.29, 1.82) is 0 Å². The van der Waals surface area contributed by atoms with Crippen LogP contribution in [-0.4, -0.2) is 24.1 Å². The molecular formula is C13H14ClFN4O. The summed E-state index contributed by atoms with van der Waals surface area (Å²) in [5.41, 5.74) is 1.27. The Balaban J connectivity index is 2.21. The third kappa shape index (κ3) is 3.08. The Bertz CT molecular complexity index is 607. The summed E-state index contributed by atoms with van der Waals surface area (Å²) in [6, 6.07) is 4.34. The average molecular weight is 297 g/mol. The number of nitrogens with zero attached hydrogens (tertiary/aromatic N) is 2. The molecule has 0 atom stereocenters. The number of anilines is 2. The lowest BCUT2D eigenvalue weighted by atomic mass is 10.2. The summed E-state index contributed by atoms with van der Waals surface area (Å²) < 4.78 is 18.5. The van der Waals surface area contributed by atoms with Gasteiger partial charge in [0.05, 0.1) is 7.11 Å². The summed E-state index contributed by atoms with van der Waals surface area (Å²) >= 11 is 5.96. The van der Waals surface area contributed by atoms with Crippen LogP contribution < -0.4 is 15.4 Å². The highest BCUT2D eigenvalue weighted by Crippen LogP contribution is 2.27. The van der Waals surface area contributed by atoms with Crippen LogP contribution in [0.25, 0.3) is 0 Å². The van der Waals surface area contributed by atoms with Crippen molar-refractivity contribution in [2.24, 2.45) is 0 Å². The molecule has 1 heterocycles. The first-order chi connectivity index (χ1) is 9.65. The van der Waals surface area contributed by atoms with Gasteiger partial charge in [0.1, 0.15) is 23.6 Å². The van der Waals surface area contributed by atoms with Crippen LogP contribution in [0.1, 0.15) is 5.56 Å². The Morgan fingerprint density at radius 1 is 1.35 bits per heavy atom. The maximum atomic E-state index is 13.3. The molecule has 2 N–H and O–H groups in total. The highest BCUT2D eigenvalue weighted by Gasteiger charge is 2.10. The highest BCUT2D eigenvalue weighted by molar-refractivity contribution is 6.32. The first-order valence-electron chi connectivity index (χ1n) is 5.90. The van der Waals surface area contributed by atoms with E-state index >= 15 is 0 Å². The number of hydrogen-bond donors (Lipinski definition) is 2. The van der Waals surface area contributed by atoms with Gasteiger partial charge in [-0.25, -0.2) is 14.4 Å². The van der Waals surface area contributed by atoms with E-state index < -0.39 is 0 Å². The van der Waals surface area contributed by atoms with Crippen LogP contribution in [0.3, 0.4) is 0 Å². The van der Waals surface area contributed by atoms with Gasteiger partial charge in [0.2, 0.25) is 0 Å². The Hall–Kier alpha value is -2.08. The second kappa shape index (κ2) is 6.38. The lowest BCUT2D eigenvalue weighted by Gasteiger charge is -2.13. The number of aromatic nitrogens is 2. The normalized spacial score (nSPS) is 10.2. The third-order valence-electron chi connectivity index (χ3n) is 2.74. The van der Waals surface area contributed by atoms with Gasteiger partial charge < -0.3 is 15.4 Å². The molecule has 0 aliphatic heterocycles. The minimum atomic E-state index is -0.322. The number of benzene rings is 1. The van der Waals surface area contributed by atoms with E-state index in [1.807, 2.05) is 0 Å². The van der Waals surface area contributed by atoms with Crippen molar-refractivity contribution in [1.82, 2.24) is 9.97 Å². The van der Waals surface area contributed by atoms with Gasteiger partial charge in [-0.05, 0) is 18.2 Å². The average Bonchev–Trinajstić information content (AvgIpc) is 2.45. The number of nitrogens with one attached hydrogen (secondary N) is 2. The molecule has 5 nitrogen and oxygen atoms in total. The fraction of sp³-hybridized carbons (Fsp3) is 0.231. The number of halogens is 2. The van der Waals surface area contributed by atoms with Gasteiger partial charge in [-0.1, -0.05) is 11.6 Å². The maximum absolute atomic E-state index is 13.3. The monoisotopic (exact) mass is 296 g/mol. The molecule has 0 radical (unpaired) electrons. The summed E-state index contributed by atoms with van der Waals surface area (Å²) in [5.74, 6) is 0.820. The fourth-order valence-electron chi connectivity index (χ4n) is 1.78. The van der Waals surface area contributed by atoms with Crippen LogP contribution >= 0.6 is 11.6 Å². The lowest BCUT2D eigenvalue weighted by Crippen LogP contribution is -2.07. The largest absolute Gasteiger partial charge is 0.496 e. The van der Waals surface area contributed by atoms with Crippen LogP contribution in [0.15, 0.2) is 24.5 Å². The number of rotatable bonds is 5. The molecule has 1 aromatic carbocycles. The smallest absolute Gasteiger partial charge is 0.157 e. The van der Waals surface area contributed by atoms with Gasteiger partial charge in [0.25, 0.3) is 0 Å². The lowest BCUT2D eigenvalue weighted by molar-refractivity contribution is 0.409. The summed E-state index contributed by atoms with van der Waals surface area (Å²) in [7, 11) is 3.26. The quantitative estimate of drug-likeness (QED) is 0.831. The molecule has 0 saturated carbocycles. The molecule has 1 aromatic heterocycles. The molecule has 0 bridgehead atoms. The van der Waals surface area contributed by atoms with Gasteiger partial charge in [0.15, 0.2) is 11.0 Å². The molecule has 0 aliphatic carbocycles. The van der Waals surface area contributed by atoms with E-state index in [4.69, 9.17) is 16.3 Å². The maximum Gasteiger partial charge on any atom is 0.157 e. The SMILES string of the molecule is CNc1c(Cl)ncnc1NCc1cc(F)ccc1OC. The van der Waals surface area contributed by atoms with Gasteiger partial charge in [0, 0.05) is 19.2 Å². The van der Waals surface area contributed by atoms with Crippen molar-refractivity contribution >= 4 is 23.1 Å². The summed E-state index contributed by atoms with van der Waals surface area (Å²) in [4.78, 5) is 7.98. The van der Waals surface area contributed by atoms with Crippen LogP contribution in [0.2, 0.25) is 5.15 Å². The van der Waals surface area contributed by atoms with Crippen molar-refractivity contribution in [2.45, 2.75) is 6.54 Å². The Kier molecular flexibility index (Phi) is 4.57. The summed E-state index contributed by atoms with van der Waals surface area (Å²) in [6.07, 6.45) is 1.36. The van der Waals surface area contributed by atoms with E-state index in [1.165, 1.54) is 25.6 Å². The predicted molar refractivity (Wildman–Crippen MR) is 76.9 cm³/mol. The standard InChI is InChI=1S/C13H14ClFN4O/c1-16-11-12(14)18-7-19-13(11)17-6-8-5-9(15)3-4-10(8)20-2/h3-5,7,16H,6H2,1-2H3,(H,17,18,19).